The van der Waals surface area contributed by atoms with Crippen LogP contribution < -0.4 is 0 Å². The minimum Gasteiger partial charge on any atom is -0.389 e. The van der Waals surface area contributed by atoms with Crippen molar-refractivity contribution >= 4 is 5.78 Å². The van der Waals surface area contributed by atoms with Gasteiger partial charge in [0.05, 0.1) is 18.1 Å². The van der Waals surface area contributed by atoms with Crippen molar-refractivity contribution in [2.45, 2.75) is 45.5 Å². The molecule has 0 aromatic rings. The van der Waals surface area contributed by atoms with Gasteiger partial charge in [-0.1, -0.05) is 68.9 Å². The fourth-order valence-corrected chi connectivity index (χ4v) is 2.45. The van der Waals surface area contributed by atoms with E-state index in [-0.39, 0.29) is 5.92 Å². The minimum absolute atomic E-state index is 0.348. The molecule has 0 saturated heterocycles. The molecule has 0 aromatic heterocycles. The Bertz CT molecular complexity index is 488. The van der Waals surface area contributed by atoms with Crippen molar-refractivity contribution in [1.82, 2.24) is 0 Å². The summed E-state index contributed by atoms with van der Waals surface area (Å²) in [6.07, 6.45) is 12.3. The van der Waals surface area contributed by atoms with Crippen molar-refractivity contribution < 1.29 is 20.1 Å². The third-order valence-electron chi connectivity index (χ3n) is 4.15. The quantitative estimate of drug-likeness (QED) is 0.496. The summed E-state index contributed by atoms with van der Waals surface area (Å²) in [5.41, 5.74) is 0. The molecule has 0 aromatic carbocycles. The van der Waals surface area contributed by atoms with Gasteiger partial charge in [0.1, 0.15) is 6.10 Å². The number of carbonyl (C=O) groups is 1. The molecule has 0 saturated carbocycles. The van der Waals surface area contributed by atoms with E-state index in [2.05, 4.69) is 19.9 Å². The Morgan fingerprint density at radius 2 is 1.78 bits per heavy atom. The summed E-state index contributed by atoms with van der Waals surface area (Å²) >= 11 is 0. The Kier molecular flexibility index (Phi) is 8.17. The molecule has 1 rings (SSSR count). The largest absolute Gasteiger partial charge is 0.389 e. The molecule has 0 spiro atoms. The highest BCUT2D eigenvalue weighted by Crippen LogP contribution is 2.28. The maximum atomic E-state index is 12.1. The van der Waals surface area contributed by atoms with E-state index in [1.54, 1.807) is 12.2 Å². The van der Waals surface area contributed by atoms with Gasteiger partial charge in [-0.05, 0) is 12.8 Å². The van der Waals surface area contributed by atoms with Crippen LogP contribution >= 0.6 is 0 Å². The lowest BCUT2D eigenvalue weighted by Gasteiger charge is -2.32. The van der Waals surface area contributed by atoms with Crippen LogP contribution in [0.4, 0.5) is 0 Å². The highest BCUT2D eigenvalue weighted by molar-refractivity contribution is 5.86. The van der Waals surface area contributed by atoms with Crippen LogP contribution in [-0.2, 0) is 4.79 Å². The van der Waals surface area contributed by atoms with Crippen molar-refractivity contribution in [2.24, 2.45) is 17.8 Å². The number of aliphatic hydroxyl groups is 3. The average molecular weight is 320 g/mol. The first-order valence-corrected chi connectivity index (χ1v) is 8.16. The summed E-state index contributed by atoms with van der Waals surface area (Å²) in [6.45, 7) is 5.65. The van der Waals surface area contributed by atoms with Gasteiger partial charge in [0.25, 0.3) is 0 Å². The van der Waals surface area contributed by atoms with E-state index >= 15 is 0 Å². The van der Waals surface area contributed by atoms with Crippen molar-refractivity contribution in [1.29, 1.82) is 0 Å². The SMILES string of the molecule is CCC(C)C=CC=CC=CC1C=CC(O)C(O)C1C(=O)C(C)O. The zero-order valence-corrected chi connectivity index (χ0v) is 14.0. The molecule has 0 aliphatic heterocycles. The highest BCUT2D eigenvalue weighted by Gasteiger charge is 2.39. The van der Waals surface area contributed by atoms with Crippen LogP contribution in [-0.4, -0.2) is 39.4 Å². The van der Waals surface area contributed by atoms with E-state index in [1.807, 2.05) is 24.3 Å². The topological polar surface area (TPSA) is 77.8 Å². The molecular weight excluding hydrogens is 292 g/mol. The molecule has 23 heavy (non-hydrogen) atoms. The Morgan fingerprint density at radius 1 is 1.13 bits per heavy atom. The maximum Gasteiger partial charge on any atom is 0.167 e. The first-order chi connectivity index (χ1) is 10.9. The lowest BCUT2D eigenvalue weighted by molar-refractivity contribution is -0.138. The third-order valence-corrected chi connectivity index (χ3v) is 4.15. The molecule has 0 bridgehead atoms. The van der Waals surface area contributed by atoms with Crippen LogP contribution in [0.1, 0.15) is 27.2 Å². The van der Waals surface area contributed by atoms with Gasteiger partial charge in [-0.2, -0.15) is 0 Å². The molecule has 0 amide bonds. The molecular formula is C19H28O4. The zero-order valence-electron chi connectivity index (χ0n) is 14.0. The second-order valence-electron chi connectivity index (χ2n) is 6.09. The molecule has 0 heterocycles. The van der Waals surface area contributed by atoms with Gasteiger partial charge in [0.2, 0.25) is 0 Å². The van der Waals surface area contributed by atoms with Gasteiger partial charge in [0, 0.05) is 5.92 Å². The Balaban J connectivity index is 2.77. The lowest BCUT2D eigenvalue weighted by Crippen LogP contribution is -2.46. The number of allylic oxidation sites excluding steroid dienone is 7. The number of Topliss-reactive ketones (excluding diaryl/α,β-unsaturated/α-hetero) is 1. The number of rotatable bonds is 7. The van der Waals surface area contributed by atoms with Crippen LogP contribution in [0.15, 0.2) is 48.6 Å². The summed E-state index contributed by atoms with van der Waals surface area (Å²) in [5, 5.41) is 29.3. The first-order valence-electron chi connectivity index (χ1n) is 8.16. The zero-order chi connectivity index (χ0) is 17.4. The van der Waals surface area contributed by atoms with E-state index < -0.39 is 30.0 Å². The van der Waals surface area contributed by atoms with Crippen LogP contribution in [0.2, 0.25) is 0 Å². The third kappa shape index (κ3) is 5.90. The predicted molar refractivity (Wildman–Crippen MR) is 91.7 cm³/mol. The fraction of sp³-hybridized carbons (Fsp3) is 0.526. The highest BCUT2D eigenvalue weighted by atomic mass is 16.3. The maximum absolute atomic E-state index is 12.1. The van der Waals surface area contributed by atoms with Gasteiger partial charge < -0.3 is 15.3 Å². The molecule has 128 valence electrons. The molecule has 6 atom stereocenters. The van der Waals surface area contributed by atoms with E-state index in [4.69, 9.17) is 0 Å². The smallest absolute Gasteiger partial charge is 0.167 e. The monoisotopic (exact) mass is 320 g/mol. The Labute approximate surface area is 138 Å². The van der Waals surface area contributed by atoms with Gasteiger partial charge >= 0.3 is 0 Å². The molecule has 0 radical (unpaired) electrons. The summed E-state index contributed by atoms with van der Waals surface area (Å²) in [7, 11) is 0. The summed E-state index contributed by atoms with van der Waals surface area (Å²) < 4.78 is 0. The Hall–Kier alpha value is -1.49. The number of carbonyl (C=O) groups excluding carboxylic acids is 1. The van der Waals surface area contributed by atoms with Crippen LogP contribution in [0.25, 0.3) is 0 Å². The molecule has 3 N–H and O–H groups in total. The molecule has 1 aliphatic carbocycles. The molecule has 1 aliphatic rings. The summed E-state index contributed by atoms with van der Waals surface area (Å²) in [5.74, 6) is -1.11. The predicted octanol–water partition coefficient (Wildman–Crippen LogP) is 2.18. The first kappa shape index (κ1) is 19.6. The van der Waals surface area contributed by atoms with Crippen molar-refractivity contribution in [3.8, 4) is 0 Å². The summed E-state index contributed by atoms with van der Waals surface area (Å²) in [6, 6.07) is 0. The lowest BCUT2D eigenvalue weighted by atomic mass is 9.76. The van der Waals surface area contributed by atoms with Gasteiger partial charge in [-0.25, -0.2) is 0 Å². The van der Waals surface area contributed by atoms with Gasteiger partial charge in [-0.3, -0.25) is 4.79 Å². The molecule has 0 fully saturated rings. The number of aliphatic hydroxyl groups excluding tert-OH is 3. The number of hydrogen-bond acceptors (Lipinski definition) is 4. The normalized spacial score (nSPS) is 31.2. The van der Waals surface area contributed by atoms with Gasteiger partial charge in [0.15, 0.2) is 5.78 Å². The van der Waals surface area contributed by atoms with Crippen molar-refractivity contribution in [3.05, 3.63) is 48.6 Å². The number of hydrogen-bond donors (Lipinski definition) is 3. The second kappa shape index (κ2) is 9.60. The number of ketones is 1. The molecule has 4 heteroatoms. The molecule has 4 nitrogen and oxygen atoms in total. The molecule has 6 unspecified atom stereocenters. The van der Waals surface area contributed by atoms with E-state index in [9.17, 15) is 20.1 Å². The van der Waals surface area contributed by atoms with Crippen LogP contribution in [0.5, 0.6) is 0 Å². The van der Waals surface area contributed by atoms with E-state index in [1.165, 1.54) is 13.0 Å². The summed E-state index contributed by atoms with van der Waals surface area (Å²) in [4.78, 5) is 12.1. The van der Waals surface area contributed by atoms with E-state index in [0.717, 1.165) is 6.42 Å². The van der Waals surface area contributed by atoms with Crippen LogP contribution in [0, 0.1) is 17.8 Å². The Morgan fingerprint density at radius 3 is 2.39 bits per heavy atom. The average Bonchev–Trinajstić information content (AvgIpc) is 2.53. The minimum atomic E-state index is -1.20. The fourth-order valence-electron chi connectivity index (χ4n) is 2.45. The van der Waals surface area contributed by atoms with Crippen molar-refractivity contribution in [3.63, 3.8) is 0 Å². The van der Waals surface area contributed by atoms with E-state index in [0.29, 0.717) is 5.92 Å². The second-order valence-corrected chi connectivity index (χ2v) is 6.09. The van der Waals surface area contributed by atoms with Crippen molar-refractivity contribution in [2.75, 3.05) is 0 Å². The van der Waals surface area contributed by atoms with Gasteiger partial charge in [-0.15, -0.1) is 0 Å². The van der Waals surface area contributed by atoms with Crippen LogP contribution in [0.3, 0.4) is 0 Å². The standard InChI is InChI=1S/C19H28O4/c1-4-13(2)9-7-5-6-8-10-15-11-12-16(21)19(23)17(15)18(22)14(3)20/h5-17,19-21,23H,4H2,1-3H3.